The van der Waals surface area contributed by atoms with E-state index in [-0.39, 0.29) is 30.0 Å². The van der Waals surface area contributed by atoms with Gasteiger partial charge < -0.3 is 14.2 Å². The van der Waals surface area contributed by atoms with Crippen molar-refractivity contribution in [1.82, 2.24) is 4.90 Å². The molecule has 0 bridgehead atoms. The third kappa shape index (κ3) is 3.66. The molecule has 3 atom stereocenters. The van der Waals surface area contributed by atoms with E-state index in [4.69, 9.17) is 14.2 Å². The fourth-order valence-corrected chi connectivity index (χ4v) is 4.11. The highest BCUT2D eigenvalue weighted by molar-refractivity contribution is 6.06. The first-order chi connectivity index (χ1) is 11.9. The lowest BCUT2D eigenvalue weighted by molar-refractivity contribution is -0.246. The van der Waals surface area contributed by atoms with Crippen LogP contribution >= 0.6 is 0 Å². The van der Waals surface area contributed by atoms with Crippen molar-refractivity contribution < 1.29 is 23.8 Å². The minimum Gasteiger partial charge on any atom is -0.353 e. The van der Waals surface area contributed by atoms with Gasteiger partial charge in [-0.3, -0.25) is 14.5 Å². The average Bonchev–Trinajstić information content (AvgIpc) is 2.89. The van der Waals surface area contributed by atoms with Crippen LogP contribution in [0.1, 0.15) is 65.7 Å². The van der Waals surface area contributed by atoms with E-state index in [9.17, 15) is 9.59 Å². The van der Waals surface area contributed by atoms with Gasteiger partial charge >= 0.3 is 0 Å². The molecule has 3 rings (SSSR count). The number of ether oxygens (including phenoxy) is 3. The maximum atomic E-state index is 12.4. The molecule has 3 aliphatic heterocycles. The summed E-state index contributed by atoms with van der Waals surface area (Å²) in [6.07, 6.45) is 7.44. The Hall–Kier alpha value is -1.24. The van der Waals surface area contributed by atoms with Crippen LogP contribution in [0.25, 0.3) is 0 Å². The van der Waals surface area contributed by atoms with Gasteiger partial charge in [0, 0.05) is 19.2 Å². The van der Waals surface area contributed by atoms with Crippen LogP contribution in [0.4, 0.5) is 0 Å². The smallest absolute Gasteiger partial charge is 0.236 e. The summed E-state index contributed by atoms with van der Waals surface area (Å²) in [7, 11) is 0. The predicted molar refractivity (Wildman–Crippen MR) is 91.5 cm³/mol. The van der Waals surface area contributed by atoms with Crippen molar-refractivity contribution >= 4 is 11.7 Å². The first-order valence-corrected chi connectivity index (χ1v) is 9.41. The highest BCUT2D eigenvalue weighted by atomic mass is 16.7. The molecule has 0 N–H and O–H groups in total. The van der Waals surface area contributed by atoms with Crippen molar-refractivity contribution in [3.05, 3.63) is 12.3 Å². The first-order valence-electron chi connectivity index (χ1n) is 9.41. The van der Waals surface area contributed by atoms with Crippen LogP contribution in [-0.2, 0) is 23.8 Å². The van der Waals surface area contributed by atoms with E-state index in [1.807, 2.05) is 6.92 Å². The third-order valence-corrected chi connectivity index (χ3v) is 5.67. The Morgan fingerprint density at radius 2 is 2.04 bits per heavy atom. The van der Waals surface area contributed by atoms with Gasteiger partial charge in [0.2, 0.25) is 5.91 Å². The summed E-state index contributed by atoms with van der Waals surface area (Å²) < 4.78 is 18.6. The van der Waals surface area contributed by atoms with Crippen LogP contribution in [-0.4, -0.2) is 46.9 Å². The molecule has 0 radical (unpaired) electrons. The van der Waals surface area contributed by atoms with Gasteiger partial charge in [-0.05, 0) is 45.1 Å². The number of amides is 1. The fraction of sp³-hybridized carbons (Fsp3) is 0.789. The quantitative estimate of drug-likeness (QED) is 0.713. The molecule has 1 unspecified atom stereocenters. The van der Waals surface area contributed by atoms with Crippen LogP contribution < -0.4 is 0 Å². The molecule has 0 aliphatic carbocycles. The molecule has 0 aromatic carbocycles. The Labute approximate surface area is 149 Å². The molecule has 6 heteroatoms. The zero-order chi connectivity index (χ0) is 18.1. The normalized spacial score (nSPS) is 35.4. The summed E-state index contributed by atoms with van der Waals surface area (Å²) in [5.74, 6) is -0.408. The van der Waals surface area contributed by atoms with Crippen LogP contribution in [0, 0.1) is 0 Å². The summed E-state index contributed by atoms with van der Waals surface area (Å²) in [5.41, 5.74) is -1.00. The van der Waals surface area contributed by atoms with Crippen LogP contribution in [0.5, 0.6) is 0 Å². The molecular formula is C19H29NO5. The largest absolute Gasteiger partial charge is 0.353 e. The van der Waals surface area contributed by atoms with E-state index in [0.717, 1.165) is 32.1 Å². The van der Waals surface area contributed by atoms with Gasteiger partial charge in [0.1, 0.15) is 5.60 Å². The average molecular weight is 351 g/mol. The molecule has 2 fully saturated rings. The Morgan fingerprint density at radius 1 is 1.28 bits per heavy atom. The summed E-state index contributed by atoms with van der Waals surface area (Å²) in [6.45, 7) is 6.90. The van der Waals surface area contributed by atoms with Gasteiger partial charge in [-0.1, -0.05) is 13.8 Å². The number of ketones is 1. The Balaban J connectivity index is 1.87. The van der Waals surface area contributed by atoms with Gasteiger partial charge in [-0.15, -0.1) is 0 Å². The molecule has 0 saturated carbocycles. The third-order valence-electron chi connectivity index (χ3n) is 5.67. The SMILES string of the molecule is CCC1(CC)C[C@@](C)(OC2CCCCO2)[C@H](N2C=CC(=O)CC2=O)O1. The predicted octanol–water partition coefficient (Wildman–Crippen LogP) is 2.91. The lowest BCUT2D eigenvalue weighted by Crippen LogP contribution is -2.53. The molecule has 25 heavy (non-hydrogen) atoms. The number of carbonyl (C=O) groups is 2. The minimum atomic E-state index is -0.672. The standard InChI is InChI=1S/C19H29NO5/c1-4-19(5-2)13-18(3,24-16-8-6-7-11-23-16)17(25-19)20-10-9-14(21)12-15(20)22/h9-10,16-17H,4-8,11-13H2,1-3H3/t16?,17-,18-/m1/s1. The fourth-order valence-electron chi connectivity index (χ4n) is 4.11. The van der Waals surface area contributed by atoms with E-state index in [1.54, 1.807) is 6.20 Å². The van der Waals surface area contributed by atoms with E-state index < -0.39 is 11.8 Å². The van der Waals surface area contributed by atoms with Crippen molar-refractivity contribution in [3.63, 3.8) is 0 Å². The maximum Gasteiger partial charge on any atom is 0.236 e. The van der Waals surface area contributed by atoms with E-state index in [0.29, 0.717) is 13.0 Å². The van der Waals surface area contributed by atoms with E-state index >= 15 is 0 Å². The second-order valence-electron chi connectivity index (χ2n) is 7.52. The maximum absolute atomic E-state index is 12.4. The summed E-state index contributed by atoms with van der Waals surface area (Å²) >= 11 is 0. The van der Waals surface area contributed by atoms with Gasteiger partial charge in [0.25, 0.3) is 0 Å². The zero-order valence-corrected chi connectivity index (χ0v) is 15.5. The molecule has 140 valence electrons. The van der Waals surface area contributed by atoms with Gasteiger partial charge in [0.15, 0.2) is 18.3 Å². The lowest BCUT2D eigenvalue weighted by Gasteiger charge is -2.39. The van der Waals surface area contributed by atoms with Crippen LogP contribution in [0.2, 0.25) is 0 Å². The van der Waals surface area contributed by atoms with Crippen LogP contribution in [0.3, 0.4) is 0 Å². The van der Waals surface area contributed by atoms with Gasteiger partial charge in [-0.25, -0.2) is 0 Å². The number of hydrogen-bond donors (Lipinski definition) is 0. The van der Waals surface area contributed by atoms with Crippen molar-refractivity contribution in [3.8, 4) is 0 Å². The van der Waals surface area contributed by atoms with E-state index in [1.165, 1.54) is 11.0 Å². The van der Waals surface area contributed by atoms with Crippen molar-refractivity contribution in [2.75, 3.05) is 6.61 Å². The second-order valence-corrected chi connectivity index (χ2v) is 7.52. The van der Waals surface area contributed by atoms with Crippen molar-refractivity contribution in [2.45, 2.75) is 89.4 Å². The molecule has 0 aromatic heterocycles. The van der Waals surface area contributed by atoms with Crippen molar-refractivity contribution in [1.29, 1.82) is 0 Å². The Morgan fingerprint density at radius 3 is 2.64 bits per heavy atom. The molecule has 0 spiro atoms. The molecule has 6 nitrogen and oxygen atoms in total. The van der Waals surface area contributed by atoms with Crippen molar-refractivity contribution in [2.24, 2.45) is 0 Å². The lowest BCUT2D eigenvalue weighted by atomic mass is 9.86. The second kappa shape index (κ2) is 7.17. The zero-order valence-electron chi connectivity index (χ0n) is 15.5. The Kier molecular flexibility index (Phi) is 5.32. The molecule has 2 saturated heterocycles. The molecular weight excluding hydrogens is 322 g/mol. The van der Waals surface area contributed by atoms with Gasteiger partial charge in [0.05, 0.1) is 12.0 Å². The van der Waals surface area contributed by atoms with Gasteiger partial charge in [-0.2, -0.15) is 0 Å². The molecule has 0 aromatic rings. The topological polar surface area (TPSA) is 65.1 Å². The minimum absolute atomic E-state index is 0.113. The highest BCUT2D eigenvalue weighted by Crippen LogP contribution is 2.47. The number of hydrogen-bond acceptors (Lipinski definition) is 5. The summed E-state index contributed by atoms with van der Waals surface area (Å²) in [4.78, 5) is 25.5. The van der Waals surface area contributed by atoms with Crippen LogP contribution in [0.15, 0.2) is 12.3 Å². The summed E-state index contributed by atoms with van der Waals surface area (Å²) in [6, 6.07) is 0. The first kappa shape index (κ1) is 18.5. The van der Waals surface area contributed by atoms with E-state index in [2.05, 4.69) is 13.8 Å². The number of allylic oxidation sites excluding steroid dienone is 1. The number of nitrogens with zero attached hydrogens (tertiary/aromatic N) is 1. The number of carbonyl (C=O) groups excluding carboxylic acids is 2. The number of rotatable bonds is 5. The monoisotopic (exact) mass is 351 g/mol. The Bertz CT molecular complexity index is 550. The molecule has 1 amide bonds. The molecule has 3 aliphatic rings. The highest BCUT2D eigenvalue weighted by Gasteiger charge is 2.56. The summed E-state index contributed by atoms with van der Waals surface area (Å²) in [5, 5.41) is 0. The molecule has 3 heterocycles.